The molecule has 19 heavy (non-hydrogen) atoms. The summed E-state index contributed by atoms with van der Waals surface area (Å²) in [5, 5.41) is -0.0229. The number of sulfonamides is 1. The number of aryl methyl sites for hydroxylation is 1. The lowest BCUT2D eigenvalue weighted by atomic mass is 10.2. The molecule has 0 bridgehead atoms. The molecule has 0 saturated carbocycles. The van der Waals surface area contributed by atoms with Crippen molar-refractivity contribution in [3.8, 4) is 0 Å². The van der Waals surface area contributed by atoms with Crippen LogP contribution in [0.25, 0.3) is 0 Å². The van der Waals surface area contributed by atoms with Crippen LogP contribution in [-0.2, 0) is 16.6 Å². The van der Waals surface area contributed by atoms with Gasteiger partial charge in [-0.05, 0) is 30.7 Å². The van der Waals surface area contributed by atoms with Crippen LogP contribution in [0.3, 0.4) is 0 Å². The predicted molar refractivity (Wildman–Crippen MR) is 74.1 cm³/mol. The van der Waals surface area contributed by atoms with E-state index >= 15 is 0 Å². The molecule has 0 atom stereocenters. The van der Waals surface area contributed by atoms with Gasteiger partial charge < -0.3 is 5.73 Å². The third-order valence-corrected chi connectivity index (χ3v) is 3.91. The van der Waals surface area contributed by atoms with Crippen molar-refractivity contribution in [2.45, 2.75) is 18.5 Å². The van der Waals surface area contributed by atoms with Crippen molar-refractivity contribution in [3.05, 3.63) is 53.7 Å². The number of pyridine rings is 1. The molecule has 1 heterocycles. The number of hydrogen-bond acceptors (Lipinski definition) is 4. The van der Waals surface area contributed by atoms with Gasteiger partial charge in [0.1, 0.15) is 0 Å². The number of anilines is 1. The number of benzene rings is 1. The maximum atomic E-state index is 12.1. The summed E-state index contributed by atoms with van der Waals surface area (Å²) in [4.78, 5) is 3.90. The van der Waals surface area contributed by atoms with Gasteiger partial charge in [-0.1, -0.05) is 23.8 Å². The van der Waals surface area contributed by atoms with E-state index in [0.29, 0.717) is 12.2 Å². The molecule has 100 valence electrons. The molecule has 0 spiro atoms. The van der Waals surface area contributed by atoms with Crippen molar-refractivity contribution in [1.82, 2.24) is 4.98 Å². The first-order valence-corrected chi connectivity index (χ1v) is 7.24. The number of aromatic nitrogens is 1. The maximum absolute atomic E-state index is 12.1. The molecule has 0 amide bonds. The second-order valence-corrected chi connectivity index (χ2v) is 5.81. The molecule has 2 rings (SSSR count). The van der Waals surface area contributed by atoms with Crippen molar-refractivity contribution in [3.63, 3.8) is 0 Å². The van der Waals surface area contributed by atoms with Crippen LogP contribution in [0.5, 0.6) is 0 Å². The molecular weight excluding hydrogens is 262 g/mol. The van der Waals surface area contributed by atoms with E-state index in [1.165, 1.54) is 12.3 Å². The second kappa shape index (κ2) is 5.38. The van der Waals surface area contributed by atoms with E-state index in [4.69, 9.17) is 5.73 Å². The molecule has 0 aliphatic heterocycles. The minimum absolute atomic E-state index is 0.0229. The lowest BCUT2D eigenvalue weighted by Gasteiger charge is -2.08. The fourth-order valence-electron chi connectivity index (χ4n) is 1.52. The highest BCUT2D eigenvalue weighted by molar-refractivity contribution is 7.92. The van der Waals surface area contributed by atoms with Gasteiger partial charge in [0.25, 0.3) is 10.0 Å². The third-order valence-electron chi connectivity index (χ3n) is 2.61. The van der Waals surface area contributed by atoms with Crippen LogP contribution in [0.2, 0.25) is 0 Å². The molecule has 3 N–H and O–H groups in total. The van der Waals surface area contributed by atoms with E-state index in [2.05, 4.69) is 9.71 Å². The second-order valence-electron chi connectivity index (χ2n) is 4.18. The van der Waals surface area contributed by atoms with Gasteiger partial charge in [0, 0.05) is 18.4 Å². The zero-order valence-electron chi connectivity index (χ0n) is 10.5. The molecule has 1 aromatic heterocycles. The van der Waals surface area contributed by atoms with Crippen molar-refractivity contribution < 1.29 is 8.42 Å². The van der Waals surface area contributed by atoms with E-state index in [0.717, 1.165) is 11.1 Å². The van der Waals surface area contributed by atoms with Gasteiger partial charge in [0.15, 0.2) is 5.03 Å². The summed E-state index contributed by atoms with van der Waals surface area (Å²) in [5.74, 6) is 0. The molecule has 1 aromatic carbocycles. The Hall–Kier alpha value is -1.92. The van der Waals surface area contributed by atoms with Crippen LogP contribution in [0, 0.1) is 6.92 Å². The Kier molecular flexibility index (Phi) is 3.82. The molecule has 0 saturated heterocycles. The van der Waals surface area contributed by atoms with Gasteiger partial charge in [0.05, 0.1) is 0 Å². The van der Waals surface area contributed by atoms with Crippen molar-refractivity contribution >= 4 is 15.7 Å². The van der Waals surface area contributed by atoms with Crippen LogP contribution in [0.4, 0.5) is 5.69 Å². The van der Waals surface area contributed by atoms with Crippen molar-refractivity contribution in [2.24, 2.45) is 5.73 Å². The monoisotopic (exact) mass is 277 g/mol. The number of nitrogens with one attached hydrogen (secondary N) is 1. The summed E-state index contributed by atoms with van der Waals surface area (Å²) >= 11 is 0. The van der Waals surface area contributed by atoms with E-state index in [-0.39, 0.29) is 5.03 Å². The molecular formula is C13H15N3O2S. The summed E-state index contributed by atoms with van der Waals surface area (Å²) in [5.41, 5.74) is 7.80. The Morgan fingerprint density at radius 1 is 1.16 bits per heavy atom. The fourth-order valence-corrected chi connectivity index (χ4v) is 2.51. The van der Waals surface area contributed by atoms with E-state index in [9.17, 15) is 8.42 Å². The topological polar surface area (TPSA) is 85.1 Å². The fraction of sp³-hybridized carbons (Fsp3) is 0.154. The highest BCUT2D eigenvalue weighted by Gasteiger charge is 2.15. The standard InChI is InChI=1S/C13H15N3O2S/c1-10-2-5-12(6-3-10)16-19(17,18)13-7-4-11(8-14)9-15-13/h2-7,9,16H,8,14H2,1H3. The van der Waals surface area contributed by atoms with Crippen LogP contribution >= 0.6 is 0 Å². The zero-order valence-corrected chi connectivity index (χ0v) is 11.3. The Labute approximate surface area is 112 Å². The van der Waals surface area contributed by atoms with Gasteiger partial charge in [-0.15, -0.1) is 0 Å². The van der Waals surface area contributed by atoms with E-state index in [1.54, 1.807) is 18.2 Å². The Bertz CT molecular complexity index is 649. The Morgan fingerprint density at radius 3 is 2.37 bits per heavy atom. The van der Waals surface area contributed by atoms with Gasteiger partial charge in [-0.2, -0.15) is 8.42 Å². The average molecular weight is 277 g/mol. The van der Waals surface area contributed by atoms with Gasteiger partial charge >= 0.3 is 0 Å². The molecule has 0 aliphatic carbocycles. The molecule has 0 unspecified atom stereocenters. The zero-order chi connectivity index (χ0) is 13.9. The Morgan fingerprint density at radius 2 is 1.84 bits per heavy atom. The number of nitrogens with two attached hydrogens (primary N) is 1. The highest BCUT2D eigenvalue weighted by atomic mass is 32.2. The first kappa shape index (κ1) is 13.5. The van der Waals surface area contributed by atoms with Crippen molar-refractivity contribution in [1.29, 1.82) is 0 Å². The number of rotatable bonds is 4. The lowest BCUT2D eigenvalue weighted by Crippen LogP contribution is -2.14. The summed E-state index contributed by atoms with van der Waals surface area (Å²) in [6, 6.07) is 10.2. The van der Waals surface area contributed by atoms with Gasteiger partial charge in [-0.3, -0.25) is 4.72 Å². The summed E-state index contributed by atoms with van der Waals surface area (Å²) in [7, 11) is -3.65. The first-order chi connectivity index (χ1) is 9.01. The minimum atomic E-state index is -3.65. The summed E-state index contributed by atoms with van der Waals surface area (Å²) < 4.78 is 26.6. The normalized spacial score (nSPS) is 11.3. The van der Waals surface area contributed by atoms with Crippen LogP contribution < -0.4 is 10.5 Å². The average Bonchev–Trinajstić information content (AvgIpc) is 2.41. The summed E-state index contributed by atoms with van der Waals surface area (Å²) in [6.07, 6.45) is 1.46. The van der Waals surface area contributed by atoms with Crippen LogP contribution in [0.15, 0.2) is 47.6 Å². The molecule has 5 nitrogen and oxygen atoms in total. The predicted octanol–water partition coefficient (Wildman–Crippen LogP) is 1.65. The lowest BCUT2D eigenvalue weighted by molar-refractivity contribution is 0.597. The SMILES string of the molecule is Cc1ccc(NS(=O)(=O)c2ccc(CN)cn2)cc1. The molecule has 0 fully saturated rings. The molecule has 0 radical (unpaired) electrons. The summed E-state index contributed by atoms with van der Waals surface area (Å²) in [6.45, 7) is 2.27. The Balaban J connectivity index is 2.24. The minimum Gasteiger partial charge on any atom is -0.326 e. The largest absolute Gasteiger partial charge is 0.326 e. The molecule has 0 aliphatic rings. The van der Waals surface area contributed by atoms with Crippen LogP contribution in [-0.4, -0.2) is 13.4 Å². The van der Waals surface area contributed by atoms with Crippen molar-refractivity contribution in [2.75, 3.05) is 4.72 Å². The third kappa shape index (κ3) is 3.30. The smallest absolute Gasteiger partial charge is 0.279 e. The first-order valence-electron chi connectivity index (χ1n) is 5.76. The number of nitrogens with zero attached hydrogens (tertiary/aromatic N) is 1. The van der Waals surface area contributed by atoms with Crippen LogP contribution in [0.1, 0.15) is 11.1 Å². The van der Waals surface area contributed by atoms with Gasteiger partial charge in [0.2, 0.25) is 0 Å². The maximum Gasteiger partial charge on any atom is 0.279 e. The van der Waals surface area contributed by atoms with Gasteiger partial charge in [-0.25, -0.2) is 4.98 Å². The highest BCUT2D eigenvalue weighted by Crippen LogP contribution is 2.15. The molecule has 2 aromatic rings. The molecule has 6 heteroatoms. The number of hydrogen-bond donors (Lipinski definition) is 2. The quantitative estimate of drug-likeness (QED) is 0.889. The van der Waals surface area contributed by atoms with E-state index < -0.39 is 10.0 Å². The van der Waals surface area contributed by atoms with E-state index in [1.807, 2.05) is 19.1 Å².